The number of nitrogens with two attached hydrogens (primary N) is 1. The van der Waals surface area contributed by atoms with Crippen LogP contribution in [0, 0.1) is 0 Å². The van der Waals surface area contributed by atoms with E-state index in [1.165, 1.54) is 11.8 Å². The minimum Gasteiger partial charge on any atom is -0.396 e. The molecule has 0 unspecified atom stereocenters. The third kappa shape index (κ3) is 2.80. The number of anilines is 1. The van der Waals surface area contributed by atoms with Crippen molar-refractivity contribution in [3.05, 3.63) is 5.28 Å². The van der Waals surface area contributed by atoms with Gasteiger partial charge in [-0.3, -0.25) is 0 Å². The van der Waals surface area contributed by atoms with Crippen LogP contribution in [0.25, 0.3) is 0 Å². The first-order chi connectivity index (χ1) is 6.26. The number of hydrogen-bond acceptors (Lipinski definition) is 6. The van der Waals surface area contributed by atoms with Crippen molar-refractivity contribution in [1.82, 2.24) is 15.0 Å². The highest BCUT2D eigenvalue weighted by Gasteiger charge is 2.01. The van der Waals surface area contributed by atoms with Gasteiger partial charge in [0.1, 0.15) is 0 Å². The minimum atomic E-state index is 0.0326. The second-order valence-corrected chi connectivity index (χ2v) is 3.18. The Morgan fingerprint density at radius 2 is 2.42 bits per heavy atom. The summed E-state index contributed by atoms with van der Waals surface area (Å²) in [6, 6.07) is 0. The lowest BCUT2D eigenvalue weighted by Crippen LogP contribution is -2.00. The van der Waals surface area contributed by atoms with Crippen molar-refractivity contribution in [3.63, 3.8) is 0 Å². The van der Waals surface area contributed by atoms with E-state index in [1.54, 1.807) is 0 Å². The Labute approximate surface area is 79.8 Å². The summed E-state index contributed by atoms with van der Waals surface area (Å²) in [5.41, 5.74) is 2.01. The zero-order chi connectivity index (χ0) is 9.68. The standard InChI is InChI=1S/C5H7ClN4OS/c6-3-8-4(7)10-5(9-3)12-2-1-11/h11H,1-2H2,(H2,7,8,9,10)/i/hD. The molecule has 1 rings (SSSR count). The predicted molar refractivity (Wildman–Crippen MR) is 47.1 cm³/mol. The maximum atomic E-state index is 8.55. The smallest absolute Gasteiger partial charge is 0.228 e. The average molecular weight is 208 g/mol. The van der Waals surface area contributed by atoms with Gasteiger partial charge in [0.15, 0.2) is 6.57 Å². The molecule has 1 heterocycles. The largest absolute Gasteiger partial charge is 0.396 e. The van der Waals surface area contributed by atoms with Gasteiger partial charge in [-0.05, 0) is 11.6 Å². The molecule has 0 saturated heterocycles. The van der Waals surface area contributed by atoms with Gasteiger partial charge in [-0.1, -0.05) is 11.8 Å². The number of thioether (sulfide) groups is 1. The summed E-state index contributed by atoms with van der Waals surface area (Å²) in [6.07, 6.45) is 0. The Kier molecular flexibility index (Phi) is 2.97. The number of halogens is 1. The van der Waals surface area contributed by atoms with E-state index in [1.807, 2.05) is 5.73 Å². The van der Waals surface area contributed by atoms with Crippen LogP contribution in [0.2, 0.25) is 6.70 Å². The zero-order valence-electron chi connectivity index (χ0n) is 6.99. The fourth-order valence-electron chi connectivity index (χ4n) is 0.533. The van der Waals surface area contributed by atoms with E-state index in [-0.39, 0.29) is 17.8 Å². The Morgan fingerprint density at radius 3 is 3.08 bits per heavy atom. The normalized spacial score (nSPS) is 11.0. The number of hydrogen-bond donors (Lipinski definition) is 2. The predicted octanol–water partition coefficient (Wildman–Crippen LogP) is 0.192. The first-order valence-corrected chi connectivity index (χ1v) is 4.45. The van der Waals surface area contributed by atoms with Crippen molar-refractivity contribution in [2.75, 3.05) is 18.1 Å². The summed E-state index contributed by atoms with van der Waals surface area (Å²) in [6.45, 7) is 0.0393. The van der Waals surface area contributed by atoms with Gasteiger partial charge in [0, 0.05) is 5.75 Å². The SMILES string of the molecule is [2H]Nc1nc(Cl)nc(SCCO)n1. The molecular formula is C5H7ClN4OS. The van der Waals surface area contributed by atoms with Crippen LogP contribution in [0.1, 0.15) is 0 Å². The number of aliphatic hydroxyl groups is 1. The number of aromatic nitrogens is 3. The number of nitrogens with zero attached hydrogens (tertiary/aromatic N) is 3. The molecule has 66 valence electrons. The van der Waals surface area contributed by atoms with Crippen molar-refractivity contribution >= 4 is 29.3 Å². The molecule has 0 aromatic carbocycles. The Balaban J connectivity index is 2.76. The first-order valence-electron chi connectivity index (χ1n) is 3.59. The van der Waals surface area contributed by atoms with Crippen LogP contribution in [-0.2, 0) is 0 Å². The molecule has 7 heteroatoms. The fraction of sp³-hybridized carbons (Fsp3) is 0.400. The molecule has 1 aromatic rings. The highest BCUT2D eigenvalue weighted by molar-refractivity contribution is 7.99. The molecule has 0 bridgehead atoms. The minimum absolute atomic E-state index is 0.0326. The maximum absolute atomic E-state index is 8.55. The summed E-state index contributed by atoms with van der Waals surface area (Å²) in [5.74, 6) is 0.582. The molecule has 0 fully saturated rings. The lowest BCUT2D eigenvalue weighted by Gasteiger charge is -1.98. The van der Waals surface area contributed by atoms with Crippen LogP contribution >= 0.6 is 23.4 Å². The lowest BCUT2D eigenvalue weighted by atomic mass is 10.9. The molecule has 0 aliphatic carbocycles. The fourth-order valence-corrected chi connectivity index (χ4v) is 1.32. The van der Waals surface area contributed by atoms with E-state index in [0.717, 1.165) is 0 Å². The van der Waals surface area contributed by atoms with Crippen molar-refractivity contribution < 1.29 is 6.52 Å². The summed E-state index contributed by atoms with van der Waals surface area (Å²) in [7, 11) is 0. The topological polar surface area (TPSA) is 84.9 Å². The Hall–Kier alpha value is -0.590. The summed E-state index contributed by atoms with van der Waals surface area (Å²) >= 11 is 6.79. The second kappa shape index (κ2) is 4.44. The van der Waals surface area contributed by atoms with Crippen molar-refractivity contribution in [3.8, 4) is 0 Å². The molecule has 1 aromatic heterocycles. The molecule has 0 saturated carbocycles. The molecule has 5 nitrogen and oxygen atoms in total. The van der Waals surface area contributed by atoms with Gasteiger partial charge >= 0.3 is 0 Å². The zero-order valence-corrected chi connectivity index (χ0v) is 7.56. The molecule has 0 radical (unpaired) electrons. The van der Waals surface area contributed by atoms with Crippen molar-refractivity contribution in [1.29, 1.82) is 0 Å². The molecule has 0 atom stereocenters. The molecule has 0 amide bonds. The second-order valence-electron chi connectivity index (χ2n) is 1.78. The Bertz CT molecular complexity index is 289. The Morgan fingerprint density at radius 1 is 1.58 bits per heavy atom. The number of rotatable bonds is 4. The molecule has 12 heavy (non-hydrogen) atoms. The molecule has 3 N–H and O–H groups in total. The highest BCUT2D eigenvalue weighted by Crippen LogP contribution is 2.14. The average Bonchev–Trinajstić information content (AvgIpc) is 2.14. The van der Waals surface area contributed by atoms with E-state index >= 15 is 0 Å². The van der Waals surface area contributed by atoms with Crippen LogP contribution < -0.4 is 5.73 Å². The quantitative estimate of drug-likeness (QED) is 0.686. The monoisotopic (exact) mass is 207 g/mol. The third-order valence-electron chi connectivity index (χ3n) is 0.910. The van der Waals surface area contributed by atoms with Gasteiger partial charge in [0.2, 0.25) is 11.2 Å². The van der Waals surface area contributed by atoms with E-state index in [9.17, 15) is 0 Å². The van der Waals surface area contributed by atoms with Crippen molar-refractivity contribution in [2.24, 2.45) is 0 Å². The van der Waals surface area contributed by atoms with Gasteiger partial charge in [0.05, 0.1) is 6.61 Å². The molecule has 0 spiro atoms. The van der Waals surface area contributed by atoms with Crippen molar-refractivity contribution in [2.45, 2.75) is 5.16 Å². The van der Waals surface area contributed by atoms with E-state index in [4.69, 9.17) is 18.1 Å². The molecule has 0 aliphatic heterocycles. The molecular weight excluding hydrogens is 200 g/mol. The van der Waals surface area contributed by atoms with Gasteiger partial charge in [-0.25, -0.2) is 0 Å². The van der Waals surface area contributed by atoms with Gasteiger partial charge in [-0.2, -0.15) is 15.0 Å². The van der Waals surface area contributed by atoms with Crippen LogP contribution in [0.5, 0.6) is 0 Å². The maximum Gasteiger partial charge on any atom is 0.228 e. The first kappa shape index (κ1) is 8.03. The van der Waals surface area contributed by atoms with E-state index < -0.39 is 0 Å². The van der Waals surface area contributed by atoms with Gasteiger partial charge in [-0.15, -0.1) is 0 Å². The summed E-state index contributed by atoms with van der Waals surface area (Å²) in [4.78, 5) is 11.3. The van der Waals surface area contributed by atoms with E-state index in [0.29, 0.717) is 10.9 Å². The summed E-state index contributed by atoms with van der Waals surface area (Å²) < 4.78 is 6.79. The highest BCUT2D eigenvalue weighted by atomic mass is 35.5. The van der Waals surface area contributed by atoms with Gasteiger partial charge in [0.25, 0.3) is 0 Å². The third-order valence-corrected chi connectivity index (χ3v) is 1.91. The van der Waals surface area contributed by atoms with Crippen LogP contribution in [0.15, 0.2) is 5.16 Å². The lowest BCUT2D eigenvalue weighted by molar-refractivity contribution is 0.322. The van der Waals surface area contributed by atoms with Gasteiger partial charge < -0.3 is 10.8 Å². The molecule has 0 aliphatic rings. The number of nitrogen functional groups attached to an aromatic ring is 1. The van der Waals surface area contributed by atoms with E-state index in [2.05, 4.69) is 15.0 Å². The van der Waals surface area contributed by atoms with Crippen LogP contribution in [-0.4, -0.2) is 32.4 Å². The van der Waals surface area contributed by atoms with Crippen LogP contribution in [0.3, 0.4) is 0 Å². The summed E-state index contributed by atoms with van der Waals surface area (Å²) in [5, 5.41) is 8.97. The number of aliphatic hydroxyl groups excluding tert-OH is 1. The van der Waals surface area contributed by atoms with Crippen LogP contribution in [0.4, 0.5) is 5.95 Å².